The standard InChI is InChI=1S/C21H22N6O2/c1-4-27-14(2)18(11-23-27)20-9-17(16-7-5-6-8-19(16)25-20)21(28)24-15-10-22-26(12-15)13-29-3/h5-12H,4,13H2,1-3H3,(H,24,28). The molecule has 0 aliphatic heterocycles. The van der Waals surface area contributed by atoms with Crippen molar-refractivity contribution in [2.45, 2.75) is 27.1 Å². The number of pyridine rings is 1. The van der Waals surface area contributed by atoms with Gasteiger partial charge >= 0.3 is 0 Å². The van der Waals surface area contributed by atoms with E-state index in [-0.39, 0.29) is 5.91 Å². The Bertz CT molecular complexity index is 1180. The first-order valence-corrected chi connectivity index (χ1v) is 9.36. The van der Waals surface area contributed by atoms with Gasteiger partial charge in [0.25, 0.3) is 5.91 Å². The molecule has 0 bridgehead atoms. The van der Waals surface area contributed by atoms with Crippen LogP contribution in [0.15, 0.2) is 48.9 Å². The number of hydrogen-bond acceptors (Lipinski definition) is 5. The van der Waals surface area contributed by atoms with Gasteiger partial charge < -0.3 is 10.1 Å². The fourth-order valence-corrected chi connectivity index (χ4v) is 3.35. The van der Waals surface area contributed by atoms with Crippen molar-refractivity contribution in [3.05, 3.63) is 60.2 Å². The third kappa shape index (κ3) is 3.62. The second-order valence-electron chi connectivity index (χ2n) is 6.67. The first kappa shape index (κ1) is 18.8. The molecule has 0 fully saturated rings. The molecule has 0 unspecified atom stereocenters. The van der Waals surface area contributed by atoms with E-state index in [0.29, 0.717) is 18.0 Å². The molecule has 0 atom stereocenters. The van der Waals surface area contributed by atoms with Crippen molar-refractivity contribution < 1.29 is 9.53 Å². The predicted octanol–water partition coefficient (Wildman–Crippen LogP) is 3.48. The van der Waals surface area contributed by atoms with E-state index in [4.69, 9.17) is 9.72 Å². The van der Waals surface area contributed by atoms with E-state index in [9.17, 15) is 4.79 Å². The van der Waals surface area contributed by atoms with Crippen molar-refractivity contribution in [1.29, 1.82) is 0 Å². The number of aryl methyl sites for hydroxylation is 1. The number of aromatic nitrogens is 5. The van der Waals surface area contributed by atoms with Crippen LogP contribution in [0.3, 0.4) is 0 Å². The molecule has 0 spiro atoms. The van der Waals surface area contributed by atoms with Crippen LogP contribution in [0.2, 0.25) is 0 Å². The number of nitrogens with zero attached hydrogens (tertiary/aromatic N) is 5. The summed E-state index contributed by atoms with van der Waals surface area (Å²) < 4.78 is 8.57. The third-order valence-electron chi connectivity index (χ3n) is 4.79. The Morgan fingerprint density at radius 1 is 1.21 bits per heavy atom. The summed E-state index contributed by atoms with van der Waals surface area (Å²) in [4.78, 5) is 17.9. The van der Waals surface area contributed by atoms with Crippen LogP contribution in [0.5, 0.6) is 0 Å². The molecule has 1 aromatic carbocycles. The Labute approximate surface area is 168 Å². The molecular weight excluding hydrogens is 368 g/mol. The van der Waals surface area contributed by atoms with Crippen molar-refractivity contribution in [3.8, 4) is 11.3 Å². The molecule has 0 radical (unpaired) electrons. The molecule has 148 valence electrons. The molecule has 0 saturated heterocycles. The minimum absolute atomic E-state index is 0.220. The Morgan fingerprint density at radius 2 is 2.03 bits per heavy atom. The average Bonchev–Trinajstić information content (AvgIpc) is 3.33. The summed E-state index contributed by atoms with van der Waals surface area (Å²) in [6.07, 6.45) is 5.12. The molecule has 8 nitrogen and oxygen atoms in total. The van der Waals surface area contributed by atoms with Crippen LogP contribution in [0, 0.1) is 6.92 Å². The van der Waals surface area contributed by atoms with Crippen LogP contribution in [0.4, 0.5) is 5.69 Å². The number of para-hydroxylation sites is 1. The van der Waals surface area contributed by atoms with Crippen LogP contribution < -0.4 is 5.32 Å². The van der Waals surface area contributed by atoms with Crippen LogP contribution in [0.25, 0.3) is 22.2 Å². The average molecular weight is 390 g/mol. The van der Waals surface area contributed by atoms with Gasteiger partial charge in [-0.15, -0.1) is 0 Å². The summed E-state index contributed by atoms with van der Waals surface area (Å²) in [7, 11) is 1.59. The number of anilines is 1. The summed E-state index contributed by atoms with van der Waals surface area (Å²) in [6, 6.07) is 9.44. The lowest BCUT2D eigenvalue weighted by molar-refractivity contribution is 0.102. The highest BCUT2D eigenvalue weighted by Gasteiger charge is 2.17. The smallest absolute Gasteiger partial charge is 0.256 e. The topological polar surface area (TPSA) is 86.9 Å². The summed E-state index contributed by atoms with van der Waals surface area (Å²) in [6.45, 7) is 5.14. The maximum absolute atomic E-state index is 13.1. The summed E-state index contributed by atoms with van der Waals surface area (Å²) in [5.41, 5.74) is 4.57. The lowest BCUT2D eigenvalue weighted by atomic mass is 10.0. The number of methoxy groups -OCH3 is 1. The second-order valence-corrected chi connectivity index (χ2v) is 6.67. The monoisotopic (exact) mass is 390 g/mol. The number of rotatable bonds is 6. The maximum Gasteiger partial charge on any atom is 0.256 e. The zero-order valence-electron chi connectivity index (χ0n) is 16.6. The van der Waals surface area contributed by atoms with Gasteiger partial charge in [0.05, 0.1) is 41.1 Å². The van der Waals surface area contributed by atoms with Crippen LogP contribution in [-0.2, 0) is 18.0 Å². The van der Waals surface area contributed by atoms with Gasteiger partial charge in [0.15, 0.2) is 0 Å². The Morgan fingerprint density at radius 3 is 2.79 bits per heavy atom. The highest BCUT2D eigenvalue weighted by molar-refractivity contribution is 6.13. The van der Waals surface area contributed by atoms with Crippen molar-refractivity contribution in [3.63, 3.8) is 0 Å². The summed E-state index contributed by atoms with van der Waals surface area (Å²) in [5, 5.41) is 12.3. The van der Waals surface area contributed by atoms with Crippen molar-refractivity contribution in [2.75, 3.05) is 12.4 Å². The number of amides is 1. The Kier molecular flexibility index (Phi) is 5.09. The van der Waals surface area contributed by atoms with Gasteiger partial charge in [-0.05, 0) is 26.0 Å². The molecular formula is C21H22N6O2. The quantitative estimate of drug-likeness (QED) is 0.545. The number of nitrogens with one attached hydrogen (secondary N) is 1. The lowest BCUT2D eigenvalue weighted by Crippen LogP contribution is -2.13. The van der Waals surface area contributed by atoms with Crippen LogP contribution in [-0.4, -0.2) is 37.6 Å². The number of ether oxygens (including phenoxy) is 1. The van der Waals surface area contributed by atoms with Gasteiger partial charge in [-0.2, -0.15) is 10.2 Å². The number of carbonyl (C=O) groups is 1. The molecule has 1 N–H and O–H groups in total. The molecule has 0 saturated carbocycles. The lowest BCUT2D eigenvalue weighted by Gasteiger charge is -2.10. The van der Waals surface area contributed by atoms with Crippen LogP contribution in [0.1, 0.15) is 23.0 Å². The summed E-state index contributed by atoms with van der Waals surface area (Å²) in [5.74, 6) is -0.220. The van der Waals surface area contributed by atoms with E-state index >= 15 is 0 Å². The zero-order valence-corrected chi connectivity index (χ0v) is 16.6. The molecule has 4 aromatic rings. The number of benzene rings is 1. The van der Waals surface area contributed by atoms with E-state index in [1.165, 1.54) is 0 Å². The molecule has 0 aliphatic rings. The third-order valence-corrected chi connectivity index (χ3v) is 4.79. The number of fused-ring (bicyclic) bond motifs is 1. The largest absolute Gasteiger partial charge is 0.362 e. The second kappa shape index (κ2) is 7.84. The SMILES string of the molecule is CCn1ncc(-c2cc(C(=O)Nc3cnn(COC)c3)c3ccccc3n2)c1C. The van der Waals surface area contributed by atoms with Crippen LogP contribution >= 0.6 is 0 Å². The van der Waals surface area contributed by atoms with Gasteiger partial charge in [-0.3, -0.25) is 9.48 Å². The first-order chi connectivity index (χ1) is 14.1. The molecule has 29 heavy (non-hydrogen) atoms. The molecule has 1 amide bonds. The summed E-state index contributed by atoms with van der Waals surface area (Å²) >= 11 is 0. The first-order valence-electron chi connectivity index (χ1n) is 9.36. The Balaban J connectivity index is 1.75. The van der Waals surface area contributed by atoms with Gasteiger partial charge in [-0.25, -0.2) is 9.67 Å². The van der Waals surface area contributed by atoms with Gasteiger partial charge in [0.2, 0.25) is 0 Å². The minimum atomic E-state index is -0.220. The number of carbonyl (C=O) groups excluding carboxylic acids is 1. The molecule has 4 rings (SSSR count). The van der Waals surface area contributed by atoms with E-state index in [1.807, 2.05) is 48.9 Å². The van der Waals surface area contributed by atoms with Gasteiger partial charge in [-0.1, -0.05) is 18.2 Å². The highest BCUT2D eigenvalue weighted by atomic mass is 16.5. The van der Waals surface area contributed by atoms with E-state index in [0.717, 1.165) is 34.4 Å². The van der Waals surface area contributed by atoms with E-state index in [1.54, 1.807) is 30.4 Å². The molecule has 0 aliphatic carbocycles. The van der Waals surface area contributed by atoms with Crippen molar-refractivity contribution in [1.82, 2.24) is 24.5 Å². The molecule has 3 aromatic heterocycles. The van der Waals surface area contributed by atoms with E-state index in [2.05, 4.69) is 15.5 Å². The van der Waals surface area contributed by atoms with Crippen molar-refractivity contribution >= 4 is 22.5 Å². The van der Waals surface area contributed by atoms with Crippen molar-refractivity contribution in [2.24, 2.45) is 0 Å². The maximum atomic E-state index is 13.1. The highest BCUT2D eigenvalue weighted by Crippen LogP contribution is 2.27. The zero-order chi connectivity index (χ0) is 20.4. The Hall–Kier alpha value is -3.52. The molecule has 3 heterocycles. The minimum Gasteiger partial charge on any atom is -0.362 e. The molecule has 8 heteroatoms. The fraction of sp³-hybridized carbons (Fsp3) is 0.238. The van der Waals surface area contributed by atoms with E-state index < -0.39 is 0 Å². The van der Waals surface area contributed by atoms with Gasteiger partial charge in [0.1, 0.15) is 6.73 Å². The predicted molar refractivity (Wildman–Crippen MR) is 111 cm³/mol. The number of hydrogen-bond donors (Lipinski definition) is 1. The van der Waals surface area contributed by atoms with Gasteiger partial charge in [0, 0.05) is 30.3 Å². The normalized spacial score (nSPS) is 11.1. The fourth-order valence-electron chi connectivity index (χ4n) is 3.35.